The quantitative estimate of drug-likeness (QED) is 0.465. The van der Waals surface area contributed by atoms with Crippen molar-refractivity contribution in [1.82, 2.24) is 20.5 Å². The van der Waals surface area contributed by atoms with Gasteiger partial charge in [0.05, 0.1) is 36.8 Å². The first-order chi connectivity index (χ1) is 17.7. The highest BCUT2D eigenvalue weighted by atomic mass is 19.3. The molecule has 1 saturated heterocycles. The summed E-state index contributed by atoms with van der Waals surface area (Å²) in [7, 11) is 0. The van der Waals surface area contributed by atoms with Crippen molar-refractivity contribution in [3.05, 3.63) is 36.0 Å². The van der Waals surface area contributed by atoms with Crippen LogP contribution in [0.2, 0.25) is 0 Å². The Hall–Kier alpha value is -3.81. The molecule has 1 atom stereocenters. The summed E-state index contributed by atoms with van der Waals surface area (Å²) in [4.78, 5) is 41.4. The van der Waals surface area contributed by atoms with E-state index in [1.807, 2.05) is 13.8 Å². The van der Waals surface area contributed by atoms with Gasteiger partial charge in [0, 0.05) is 31.0 Å². The van der Waals surface area contributed by atoms with Gasteiger partial charge in [-0.05, 0) is 37.1 Å². The molecule has 1 aliphatic heterocycles. The summed E-state index contributed by atoms with van der Waals surface area (Å²) >= 11 is 0. The van der Waals surface area contributed by atoms with Crippen molar-refractivity contribution < 1.29 is 27.9 Å². The predicted molar refractivity (Wildman–Crippen MR) is 134 cm³/mol. The SMILES string of the molecule is CC.CCC(=O)NCCCCOc1ccc2nccc(C(=O)NCC(=O)N3CC(F)(F)CC3C#N)c2c1. The Bertz CT molecular complexity index is 1140. The number of carbonyl (C=O) groups excluding carboxylic acids is 3. The maximum atomic E-state index is 13.6. The zero-order valence-corrected chi connectivity index (χ0v) is 21.4. The minimum Gasteiger partial charge on any atom is -0.494 e. The average molecular weight is 518 g/mol. The lowest BCUT2D eigenvalue weighted by Crippen LogP contribution is -2.43. The van der Waals surface area contributed by atoms with Crippen molar-refractivity contribution in [2.45, 2.75) is 58.4 Å². The number of alkyl halides is 2. The van der Waals surface area contributed by atoms with E-state index in [1.165, 1.54) is 12.3 Å². The van der Waals surface area contributed by atoms with E-state index in [0.29, 0.717) is 36.2 Å². The summed E-state index contributed by atoms with van der Waals surface area (Å²) in [5, 5.41) is 14.8. The van der Waals surface area contributed by atoms with Crippen molar-refractivity contribution in [2.75, 3.05) is 26.2 Å². The fourth-order valence-corrected chi connectivity index (χ4v) is 3.73. The number of nitriles is 1. The highest BCUT2D eigenvalue weighted by Gasteiger charge is 2.47. The van der Waals surface area contributed by atoms with Crippen LogP contribution in [-0.4, -0.2) is 65.8 Å². The number of likely N-dealkylation sites (tertiary alicyclic amines) is 1. The number of amides is 3. The number of nitrogens with zero attached hydrogens (tertiary/aromatic N) is 3. The number of pyridine rings is 1. The van der Waals surface area contributed by atoms with Crippen LogP contribution in [0, 0.1) is 11.3 Å². The van der Waals surface area contributed by atoms with Gasteiger partial charge in [0.25, 0.3) is 11.8 Å². The van der Waals surface area contributed by atoms with Gasteiger partial charge in [-0.3, -0.25) is 19.4 Å². The highest BCUT2D eigenvalue weighted by molar-refractivity contribution is 6.07. The van der Waals surface area contributed by atoms with Crippen LogP contribution < -0.4 is 15.4 Å². The number of halogens is 2. The maximum absolute atomic E-state index is 13.6. The lowest BCUT2D eigenvalue weighted by molar-refractivity contribution is -0.131. The maximum Gasteiger partial charge on any atom is 0.268 e. The molecule has 0 radical (unpaired) electrons. The van der Waals surface area contributed by atoms with Gasteiger partial charge in [0.15, 0.2) is 0 Å². The molecule has 3 amide bonds. The molecule has 1 aromatic carbocycles. The van der Waals surface area contributed by atoms with Crippen molar-refractivity contribution in [3.63, 3.8) is 0 Å². The Kier molecular flexibility index (Phi) is 11.2. The van der Waals surface area contributed by atoms with Crippen LogP contribution in [0.25, 0.3) is 10.9 Å². The Balaban J connectivity index is 0.00000235. The van der Waals surface area contributed by atoms with Gasteiger partial charge in [0.1, 0.15) is 11.8 Å². The number of hydrogen-bond donors (Lipinski definition) is 2. The van der Waals surface area contributed by atoms with Crippen LogP contribution in [0.15, 0.2) is 30.5 Å². The number of nitrogens with one attached hydrogen (secondary N) is 2. The molecule has 37 heavy (non-hydrogen) atoms. The monoisotopic (exact) mass is 517 g/mol. The number of unbranched alkanes of at least 4 members (excludes halogenated alkanes) is 1. The van der Waals surface area contributed by atoms with Gasteiger partial charge in [-0.15, -0.1) is 0 Å². The zero-order valence-electron chi connectivity index (χ0n) is 21.4. The van der Waals surface area contributed by atoms with Crippen molar-refractivity contribution in [2.24, 2.45) is 0 Å². The Morgan fingerprint density at radius 3 is 2.68 bits per heavy atom. The molecule has 2 heterocycles. The second kappa shape index (κ2) is 14.1. The summed E-state index contributed by atoms with van der Waals surface area (Å²) in [6.07, 6.45) is 2.67. The molecule has 1 unspecified atom stereocenters. The first-order valence-corrected chi connectivity index (χ1v) is 12.4. The van der Waals surface area contributed by atoms with E-state index in [2.05, 4.69) is 15.6 Å². The summed E-state index contributed by atoms with van der Waals surface area (Å²) in [5.74, 6) is -3.91. The number of fused-ring (bicyclic) bond motifs is 1. The molecule has 0 saturated carbocycles. The van der Waals surface area contributed by atoms with Crippen LogP contribution in [0.5, 0.6) is 5.75 Å². The van der Waals surface area contributed by atoms with Crippen LogP contribution in [0.3, 0.4) is 0 Å². The second-order valence-electron chi connectivity index (χ2n) is 8.21. The van der Waals surface area contributed by atoms with Gasteiger partial charge in [0.2, 0.25) is 11.8 Å². The summed E-state index contributed by atoms with van der Waals surface area (Å²) in [5.41, 5.74) is 0.793. The smallest absolute Gasteiger partial charge is 0.268 e. The van der Waals surface area contributed by atoms with E-state index in [0.717, 1.165) is 17.7 Å². The third-order valence-corrected chi connectivity index (χ3v) is 5.58. The molecule has 1 aromatic heterocycles. The molecule has 9 nitrogen and oxygen atoms in total. The topological polar surface area (TPSA) is 124 Å². The van der Waals surface area contributed by atoms with Gasteiger partial charge < -0.3 is 20.3 Å². The molecule has 11 heteroatoms. The molecule has 3 rings (SSSR count). The molecule has 1 aliphatic rings. The van der Waals surface area contributed by atoms with Gasteiger partial charge in [-0.25, -0.2) is 8.78 Å². The fraction of sp³-hybridized carbons (Fsp3) is 0.500. The predicted octanol–water partition coefficient (Wildman–Crippen LogP) is 3.44. The largest absolute Gasteiger partial charge is 0.494 e. The molecule has 1 fully saturated rings. The lowest BCUT2D eigenvalue weighted by Gasteiger charge is -2.19. The fourth-order valence-electron chi connectivity index (χ4n) is 3.73. The lowest BCUT2D eigenvalue weighted by atomic mass is 10.1. The van der Waals surface area contributed by atoms with E-state index in [4.69, 9.17) is 10.00 Å². The Labute approximate surface area is 215 Å². The molecule has 0 aliphatic carbocycles. The number of hydrogen-bond acceptors (Lipinski definition) is 6. The molecule has 2 N–H and O–H groups in total. The molecule has 0 bridgehead atoms. The van der Waals surface area contributed by atoms with Crippen LogP contribution >= 0.6 is 0 Å². The third kappa shape index (κ3) is 8.37. The molecular weight excluding hydrogens is 484 g/mol. The van der Waals surface area contributed by atoms with Gasteiger partial charge in [-0.1, -0.05) is 20.8 Å². The van der Waals surface area contributed by atoms with Crippen LogP contribution in [0.4, 0.5) is 8.78 Å². The van der Waals surface area contributed by atoms with Crippen LogP contribution in [-0.2, 0) is 9.59 Å². The molecule has 2 aromatic rings. The highest BCUT2D eigenvalue weighted by Crippen LogP contribution is 2.31. The minimum absolute atomic E-state index is 0.00343. The van der Waals surface area contributed by atoms with E-state index >= 15 is 0 Å². The first-order valence-electron chi connectivity index (χ1n) is 12.4. The van der Waals surface area contributed by atoms with E-state index in [-0.39, 0.29) is 11.5 Å². The van der Waals surface area contributed by atoms with E-state index in [1.54, 1.807) is 31.2 Å². The van der Waals surface area contributed by atoms with Crippen LogP contribution in [0.1, 0.15) is 56.8 Å². The van der Waals surface area contributed by atoms with Crippen molar-refractivity contribution in [1.29, 1.82) is 5.26 Å². The van der Waals surface area contributed by atoms with E-state index < -0.39 is 43.3 Å². The van der Waals surface area contributed by atoms with Crippen molar-refractivity contribution >= 4 is 28.6 Å². The average Bonchev–Trinajstić information content (AvgIpc) is 3.24. The molecular formula is C26H33F2N5O4. The number of aromatic nitrogens is 1. The number of benzene rings is 1. The summed E-state index contributed by atoms with van der Waals surface area (Å²) in [6.45, 7) is 5.43. The number of carbonyl (C=O) groups is 3. The van der Waals surface area contributed by atoms with Gasteiger partial charge in [-0.2, -0.15) is 5.26 Å². The normalized spacial score (nSPS) is 15.8. The minimum atomic E-state index is -3.12. The van der Waals surface area contributed by atoms with E-state index in [9.17, 15) is 23.2 Å². The Morgan fingerprint density at radius 2 is 1.97 bits per heavy atom. The second-order valence-corrected chi connectivity index (χ2v) is 8.21. The standard InChI is InChI=1S/C24H27F2N5O4.C2H6/c1-2-21(32)29-8-3-4-10-35-17-5-6-20-19(11-17)18(7-9-28-20)23(34)30-14-22(33)31-15-24(25,26)12-16(31)13-27;1-2/h5-7,9,11,16H,2-4,8,10,12,14-15H2,1H3,(H,29,32)(H,30,34);1-2H3. The van der Waals surface area contributed by atoms with Gasteiger partial charge >= 0.3 is 0 Å². The molecule has 200 valence electrons. The summed E-state index contributed by atoms with van der Waals surface area (Å²) < 4.78 is 33.0. The Morgan fingerprint density at radius 1 is 1.22 bits per heavy atom. The number of ether oxygens (including phenoxy) is 1. The first kappa shape index (κ1) is 29.4. The number of rotatable bonds is 10. The third-order valence-electron chi connectivity index (χ3n) is 5.58. The summed E-state index contributed by atoms with van der Waals surface area (Å²) in [6, 6.07) is 7.08. The van der Waals surface area contributed by atoms with Crippen molar-refractivity contribution in [3.8, 4) is 11.8 Å². The zero-order chi connectivity index (χ0) is 27.4. The molecule has 0 spiro atoms.